The van der Waals surface area contributed by atoms with Crippen LogP contribution in [0.2, 0.25) is 0 Å². The van der Waals surface area contributed by atoms with Gasteiger partial charge in [0.25, 0.3) is 0 Å². The summed E-state index contributed by atoms with van der Waals surface area (Å²) in [4.78, 5) is 4.52. The van der Waals surface area contributed by atoms with Crippen molar-refractivity contribution in [3.05, 3.63) is 84.4 Å². The molecule has 0 amide bonds. The Kier molecular flexibility index (Phi) is 7.11. The van der Waals surface area contributed by atoms with Gasteiger partial charge in [0.15, 0.2) is 11.5 Å². The number of allylic oxidation sites excluding steroid dienone is 1. The van der Waals surface area contributed by atoms with E-state index in [4.69, 9.17) is 14.2 Å². The lowest BCUT2D eigenvalue weighted by Gasteiger charge is -2.11. The summed E-state index contributed by atoms with van der Waals surface area (Å²) in [5, 5.41) is 10.3. The molecule has 0 bridgehead atoms. The third kappa shape index (κ3) is 5.41. The summed E-state index contributed by atoms with van der Waals surface area (Å²) in [6.45, 7) is 6.09. The van der Waals surface area contributed by atoms with Gasteiger partial charge in [0.1, 0.15) is 17.2 Å². The van der Waals surface area contributed by atoms with Crippen molar-refractivity contribution >= 4 is 11.9 Å². The zero-order valence-electron chi connectivity index (χ0n) is 17.2. The van der Waals surface area contributed by atoms with E-state index >= 15 is 0 Å². The van der Waals surface area contributed by atoms with Crippen molar-refractivity contribution < 1.29 is 19.3 Å². The zero-order valence-corrected chi connectivity index (χ0v) is 17.2. The molecule has 0 saturated heterocycles. The third-order valence-corrected chi connectivity index (χ3v) is 4.33. The van der Waals surface area contributed by atoms with Crippen LogP contribution in [0.3, 0.4) is 0 Å². The van der Waals surface area contributed by atoms with Crippen LogP contribution in [0.15, 0.2) is 78.3 Å². The van der Waals surface area contributed by atoms with Gasteiger partial charge in [-0.3, -0.25) is 4.99 Å². The molecular weight excluding hydrogens is 378 g/mol. The normalized spacial score (nSPS) is 10.7. The van der Waals surface area contributed by atoms with Crippen molar-refractivity contribution in [1.82, 2.24) is 0 Å². The van der Waals surface area contributed by atoms with E-state index in [-0.39, 0.29) is 5.75 Å². The molecule has 0 spiro atoms. The van der Waals surface area contributed by atoms with E-state index in [0.29, 0.717) is 18.8 Å². The van der Waals surface area contributed by atoms with Crippen LogP contribution in [0, 0.1) is 0 Å². The molecule has 3 aromatic rings. The number of hydrogen-bond acceptors (Lipinski definition) is 5. The number of hydrogen-bond donors (Lipinski definition) is 1. The van der Waals surface area contributed by atoms with Gasteiger partial charge in [-0.25, -0.2) is 0 Å². The lowest BCUT2D eigenvalue weighted by molar-refractivity contribution is 0.317. The highest BCUT2D eigenvalue weighted by atomic mass is 16.5. The highest BCUT2D eigenvalue weighted by Gasteiger charge is 2.09. The molecule has 154 valence electrons. The molecule has 3 aromatic carbocycles. The van der Waals surface area contributed by atoms with E-state index in [1.165, 1.54) is 0 Å². The average molecular weight is 403 g/mol. The van der Waals surface area contributed by atoms with E-state index in [9.17, 15) is 5.11 Å². The summed E-state index contributed by atoms with van der Waals surface area (Å²) in [5.41, 5.74) is 2.38. The maximum Gasteiger partial charge on any atom is 0.161 e. The predicted molar refractivity (Wildman–Crippen MR) is 120 cm³/mol. The number of phenolic OH excluding ortho intramolecular Hbond substituents is 1. The van der Waals surface area contributed by atoms with Crippen molar-refractivity contribution in [3.8, 4) is 28.7 Å². The maximum absolute atomic E-state index is 10.3. The minimum atomic E-state index is 0.147. The smallest absolute Gasteiger partial charge is 0.161 e. The largest absolute Gasteiger partial charge is 0.504 e. The van der Waals surface area contributed by atoms with Gasteiger partial charge in [0.05, 0.1) is 19.4 Å². The second-order valence-corrected chi connectivity index (χ2v) is 6.48. The van der Waals surface area contributed by atoms with E-state index in [1.54, 1.807) is 25.5 Å². The van der Waals surface area contributed by atoms with E-state index in [1.807, 2.05) is 61.5 Å². The van der Waals surface area contributed by atoms with Crippen LogP contribution in [0.4, 0.5) is 5.69 Å². The second kappa shape index (κ2) is 10.2. The Labute approximate surface area is 176 Å². The van der Waals surface area contributed by atoms with Crippen molar-refractivity contribution in [2.24, 2.45) is 4.99 Å². The molecule has 0 aliphatic heterocycles. The molecule has 3 rings (SSSR count). The molecule has 0 aromatic heterocycles. The number of rotatable bonds is 9. The third-order valence-electron chi connectivity index (χ3n) is 4.33. The van der Waals surface area contributed by atoms with Crippen LogP contribution in [0.25, 0.3) is 0 Å². The highest BCUT2D eigenvalue weighted by Crippen LogP contribution is 2.32. The molecule has 0 saturated carbocycles. The molecule has 0 atom stereocenters. The Bertz CT molecular complexity index is 1010. The Morgan fingerprint density at radius 3 is 2.20 bits per heavy atom. The SMILES string of the molecule is C=CCc1cc(C=Nc2ccc(Oc3ccc(OC)cc3)cc2)cc(OCC)c1O. The average Bonchev–Trinajstić information content (AvgIpc) is 2.77. The van der Waals surface area contributed by atoms with Crippen molar-refractivity contribution in [2.75, 3.05) is 13.7 Å². The first-order chi connectivity index (χ1) is 14.6. The maximum atomic E-state index is 10.3. The summed E-state index contributed by atoms with van der Waals surface area (Å²) in [6, 6.07) is 18.5. The minimum absolute atomic E-state index is 0.147. The summed E-state index contributed by atoms with van der Waals surface area (Å²) in [6.07, 6.45) is 4.03. The highest BCUT2D eigenvalue weighted by molar-refractivity contribution is 5.83. The molecule has 5 heteroatoms. The van der Waals surface area contributed by atoms with E-state index in [2.05, 4.69) is 11.6 Å². The molecule has 5 nitrogen and oxygen atoms in total. The van der Waals surface area contributed by atoms with Gasteiger partial charge in [0.2, 0.25) is 0 Å². The Hall–Kier alpha value is -3.73. The number of benzene rings is 3. The van der Waals surface area contributed by atoms with Gasteiger partial charge in [0, 0.05) is 11.8 Å². The Morgan fingerprint density at radius 1 is 0.967 bits per heavy atom. The summed E-state index contributed by atoms with van der Waals surface area (Å²) in [5.74, 6) is 2.82. The number of aliphatic imine (C=N–C) groups is 1. The summed E-state index contributed by atoms with van der Waals surface area (Å²) < 4.78 is 16.5. The fourth-order valence-electron chi connectivity index (χ4n) is 2.87. The number of phenols is 1. The van der Waals surface area contributed by atoms with Crippen molar-refractivity contribution in [1.29, 1.82) is 0 Å². The summed E-state index contributed by atoms with van der Waals surface area (Å²) in [7, 11) is 1.63. The predicted octanol–water partition coefficient (Wildman–Crippen LogP) is 6.07. The number of ether oxygens (including phenoxy) is 3. The standard InChI is InChI=1S/C25H25NO4/c1-4-6-19-15-18(16-24(25(19)27)29-5-2)17-26-20-7-9-22(10-8-20)30-23-13-11-21(28-3)12-14-23/h4,7-17,27H,1,5-6H2,2-3H3. The van der Waals surface area contributed by atoms with Gasteiger partial charge in [-0.1, -0.05) is 6.08 Å². The molecular formula is C25H25NO4. The first kappa shape index (κ1) is 21.0. The molecule has 1 N–H and O–H groups in total. The molecule has 0 aliphatic carbocycles. The fourth-order valence-corrected chi connectivity index (χ4v) is 2.87. The van der Waals surface area contributed by atoms with Crippen molar-refractivity contribution in [3.63, 3.8) is 0 Å². The first-order valence-electron chi connectivity index (χ1n) is 9.68. The zero-order chi connectivity index (χ0) is 21.3. The van der Waals surface area contributed by atoms with E-state index in [0.717, 1.165) is 34.1 Å². The van der Waals surface area contributed by atoms with Gasteiger partial charge >= 0.3 is 0 Å². The molecule has 0 fully saturated rings. The summed E-state index contributed by atoms with van der Waals surface area (Å²) >= 11 is 0. The van der Waals surface area contributed by atoms with Gasteiger partial charge < -0.3 is 19.3 Å². The topological polar surface area (TPSA) is 60.3 Å². The van der Waals surface area contributed by atoms with E-state index < -0.39 is 0 Å². The van der Waals surface area contributed by atoms with Crippen LogP contribution < -0.4 is 14.2 Å². The monoisotopic (exact) mass is 403 g/mol. The lowest BCUT2D eigenvalue weighted by Crippen LogP contribution is -1.96. The quantitative estimate of drug-likeness (QED) is 0.348. The number of aromatic hydroxyl groups is 1. The second-order valence-electron chi connectivity index (χ2n) is 6.48. The molecule has 0 unspecified atom stereocenters. The van der Waals surface area contributed by atoms with Gasteiger partial charge in [-0.2, -0.15) is 0 Å². The lowest BCUT2D eigenvalue weighted by atomic mass is 10.1. The van der Waals surface area contributed by atoms with Gasteiger partial charge in [-0.15, -0.1) is 6.58 Å². The first-order valence-corrected chi connectivity index (χ1v) is 9.68. The molecule has 0 radical (unpaired) electrons. The van der Waals surface area contributed by atoms with Crippen LogP contribution in [-0.4, -0.2) is 25.0 Å². The molecule has 30 heavy (non-hydrogen) atoms. The van der Waals surface area contributed by atoms with Crippen LogP contribution in [0.1, 0.15) is 18.1 Å². The minimum Gasteiger partial charge on any atom is -0.504 e. The van der Waals surface area contributed by atoms with Crippen LogP contribution in [0.5, 0.6) is 28.7 Å². The van der Waals surface area contributed by atoms with Crippen LogP contribution >= 0.6 is 0 Å². The molecule has 0 aliphatic rings. The molecule has 0 heterocycles. The number of methoxy groups -OCH3 is 1. The van der Waals surface area contributed by atoms with Crippen molar-refractivity contribution in [2.45, 2.75) is 13.3 Å². The number of nitrogens with zero attached hydrogens (tertiary/aromatic N) is 1. The van der Waals surface area contributed by atoms with Gasteiger partial charge in [-0.05, 0) is 79.6 Å². The van der Waals surface area contributed by atoms with Crippen LogP contribution in [-0.2, 0) is 6.42 Å². The Balaban J connectivity index is 1.73. The Morgan fingerprint density at radius 2 is 1.60 bits per heavy atom. The fraction of sp³-hybridized carbons (Fsp3) is 0.160.